The Morgan fingerprint density at radius 3 is 2.41 bits per heavy atom. The molecule has 2 rings (SSSR count). The van der Waals surface area contributed by atoms with E-state index in [1.54, 1.807) is 0 Å². The number of phosphoric acid groups is 1. The number of aryl methyl sites for hydroxylation is 1. The molecule has 0 spiro atoms. The highest BCUT2D eigenvalue weighted by atomic mass is 31.2. The first-order valence-corrected chi connectivity index (χ1v) is 11.6. The number of phosphoric ester groups is 1. The van der Waals surface area contributed by atoms with Gasteiger partial charge in [0.1, 0.15) is 0 Å². The molecule has 0 radical (unpaired) electrons. The van der Waals surface area contributed by atoms with Gasteiger partial charge in [0, 0.05) is 18.0 Å². The maximum Gasteiger partial charge on any atom is 0.469 e. The number of unbranched alkanes of at least 4 members (excludes halogenated alkanes) is 5. The van der Waals surface area contributed by atoms with Crippen LogP contribution in [-0.4, -0.2) is 40.2 Å². The second-order valence-electron chi connectivity index (χ2n) is 7.54. The summed E-state index contributed by atoms with van der Waals surface area (Å²) in [6, 6.07) is 8.26. The molecule has 1 heterocycles. The average Bonchev–Trinajstić information content (AvgIpc) is 3.06. The first-order valence-electron chi connectivity index (χ1n) is 10.1. The Morgan fingerprint density at radius 1 is 1.11 bits per heavy atom. The van der Waals surface area contributed by atoms with Crippen LogP contribution in [0.2, 0.25) is 0 Å². The summed E-state index contributed by atoms with van der Waals surface area (Å²) in [6.07, 6.45) is 9.53. The van der Waals surface area contributed by atoms with E-state index in [1.165, 1.54) is 44.1 Å². The van der Waals surface area contributed by atoms with Crippen LogP contribution in [0.15, 0.2) is 24.3 Å². The van der Waals surface area contributed by atoms with Gasteiger partial charge in [-0.05, 0) is 30.4 Å². The number of rotatable bonds is 12. The van der Waals surface area contributed by atoms with Gasteiger partial charge in [0.25, 0.3) is 0 Å². The van der Waals surface area contributed by atoms with Gasteiger partial charge >= 0.3 is 7.82 Å². The van der Waals surface area contributed by atoms with Gasteiger partial charge in [-0.3, -0.25) is 4.52 Å². The first-order chi connectivity index (χ1) is 12.9. The van der Waals surface area contributed by atoms with Gasteiger partial charge in [0.15, 0.2) is 0 Å². The lowest BCUT2D eigenvalue weighted by Crippen LogP contribution is -2.35. The molecule has 154 valence electrons. The van der Waals surface area contributed by atoms with Crippen molar-refractivity contribution in [1.29, 1.82) is 0 Å². The maximum absolute atomic E-state index is 10.9. The van der Waals surface area contributed by atoms with E-state index in [4.69, 9.17) is 9.79 Å². The van der Waals surface area contributed by atoms with Crippen molar-refractivity contribution in [2.24, 2.45) is 0 Å². The molecule has 0 bridgehead atoms. The van der Waals surface area contributed by atoms with Gasteiger partial charge in [-0.2, -0.15) is 0 Å². The van der Waals surface area contributed by atoms with E-state index in [-0.39, 0.29) is 31.2 Å². The molecule has 27 heavy (non-hydrogen) atoms. The Bertz CT molecular complexity index is 589. The summed E-state index contributed by atoms with van der Waals surface area (Å²) in [6.45, 7) is 2.15. The number of aliphatic hydroxyl groups is 1. The molecule has 0 aromatic heterocycles. The first kappa shape index (κ1) is 22.5. The molecule has 0 aliphatic carbocycles. The van der Waals surface area contributed by atoms with Gasteiger partial charge in [0.05, 0.1) is 13.2 Å². The molecule has 3 atom stereocenters. The molecule has 1 aromatic carbocycles. The van der Waals surface area contributed by atoms with E-state index in [1.807, 2.05) is 0 Å². The van der Waals surface area contributed by atoms with E-state index in [2.05, 4.69) is 41.0 Å². The molecule has 1 fully saturated rings. The molecule has 1 aliphatic rings. The number of nitrogens with one attached hydrogen (secondary N) is 1. The van der Waals surface area contributed by atoms with Crippen molar-refractivity contribution < 1.29 is 24.0 Å². The van der Waals surface area contributed by atoms with Gasteiger partial charge in [-0.15, -0.1) is 0 Å². The molecule has 0 amide bonds. The van der Waals surface area contributed by atoms with Crippen molar-refractivity contribution in [2.75, 3.05) is 13.2 Å². The summed E-state index contributed by atoms with van der Waals surface area (Å²) in [5.74, 6) is 0.114. The Balaban J connectivity index is 1.83. The summed E-state index contributed by atoms with van der Waals surface area (Å²) < 4.78 is 15.5. The zero-order valence-corrected chi connectivity index (χ0v) is 17.1. The smallest absolute Gasteiger partial charge is 0.395 e. The van der Waals surface area contributed by atoms with Crippen LogP contribution in [0.4, 0.5) is 0 Å². The van der Waals surface area contributed by atoms with Gasteiger partial charge in [-0.25, -0.2) is 4.57 Å². The van der Waals surface area contributed by atoms with Crippen LogP contribution in [0, 0.1) is 0 Å². The Morgan fingerprint density at radius 2 is 1.78 bits per heavy atom. The highest BCUT2D eigenvalue weighted by Gasteiger charge is 2.35. The molecule has 0 saturated carbocycles. The third-order valence-corrected chi connectivity index (χ3v) is 5.83. The lowest BCUT2D eigenvalue weighted by Gasteiger charge is -2.17. The minimum absolute atomic E-state index is 0.0173. The van der Waals surface area contributed by atoms with Crippen LogP contribution in [0.5, 0.6) is 0 Å². The van der Waals surface area contributed by atoms with E-state index >= 15 is 0 Å². The minimum atomic E-state index is -4.47. The molecule has 1 aliphatic heterocycles. The quantitative estimate of drug-likeness (QED) is 0.317. The van der Waals surface area contributed by atoms with Crippen LogP contribution in [0.25, 0.3) is 0 Å². The van der Waals surface area contributed by atoms with Crippen LogP contribution in [-0.2, 0) is 15.5 Å². The Hall–Kier alpha value is -0.750. The van der Waals surface area contributed by atoms with Crippen molar-refractivity contribution in [1.82, 2.24) is 5.32 Å². The van der Waals surface area contributed by atoms with E-state index in [0.29, 0.717) is 6.42 Å². The SMILES string of the molecule is CCCCCCCCc1ccc([C@H]2C[C@H](COP(=O)(O)O)N[C@@H]2CO)cc1. The standard InChI is InChI=1S/C20H34NO5P/c1-2-3-4-5-6-7-8-16-9-11-17(12-10-16)19-13-18(21-20(19)14-22)15-26-27(23,24)25/h9-12,18-22H,2-8,13-15H2,1H3,(H2,23,24,25)/t18-,19-,20-/m1/s1. The van der Waals surface area contributed by atoms with Crippen molar-refractivity contribution in [2.45, 2.75) is 76.3 Å². The molecule has 7 heteroatoms. The topological polar surface area (TPSA) is 99.0 Å². The third-order valence-electron chi connectivity index (χ3n) is 5.34. The molecular formula is C20H34NO5P. The molecule has 1 saturated heterocycles. The number of benzene rings is 1. The zero-order chi connectivity index (χ0) is 19.7. The minimum Gasteiger partial charge on any atom is -0.395 e. The lowest BCUT2D eigenvalue weighted by atomic mass is 9.90. The van der Waals surface area contributed by atoms with E-state index < -0.39 is 7.82 Å². The molecular weight excluding hydrogens is 365 g/mol. The zero-order valence-electron chi connectivity index (χ0n) is 16.2. The fraction of sp³-hybridized carbons (Fsp3) is 0.700. The molecule has 4 N–H and O–H groups in total. The summed E-state index contributed by atoms with van der Waals surface area (Å²) in [7, 11) is -4.47. The largest absolute Gasteiger partial charge is 0.469 e. The van der Waals surface area contributed by atoms with Gasteiger partial charge < -0.3 is 20.2 Å². The molecule has 1 aromatic rings. The Labute approximate surface area is 162 Å². The average molecular weight is 399 g/mol. The second-order valence-corrected chi connectivity index (χ2v) is 8.78. The second kappa shape index (κ2) is 11.3. The predicted octanol–water partition coefficient (Wildman–Crippen LogP) is 3.51. The van der Waals surface area contributed by atoms with Crippen LogP contribution < -0.4 is 5.32 Å². The molecule has 0 unspecified atom stereocenters. The van der Waals surface area contributed by atoms with Crippen molar-refractivity contribution in [3.8, 4) is 0 Å². The van der Waals surface area contributed by atoms with Crippen LogP contribution in [0.3, 0.4) is 0 Å². The van der Waals surface area contributed by atoms with Gasteiger partial charge in [-0.1, -0.05) is 63.3 Å². The highest BCUT2D eigenvalue weighted by Crippen LogP contribution is 2.38. The Kier molecular flexibility index (Phi) is 9.43. The van der Waals surface area contributed by atoms with E-state index in [0.717, 1.165) is 12.0 Å². The van der Waals surface area contributed by atoms with Crippen LogP contribution in [0.1, 0.15) is 68.9 Å². The third kappa shape index (κ3) is 8.02. The van der Waals surface area contributed by atoms with Crippen molar-refractivity contribution in [3.05, 3.63) is 35.4 Å². The summed E-state index contributed by atoms with van der Waals surface area (Å²) in [4.78, 5) is 17.7. The number of hydrogen-bond acceptors (Lipinski definition) is 4. The number of hydrogen-bond donors (Lipinski definition) is 4. The fourth-order valence-corrected chi connectivity index (χ4v) is 4.22. The highest BCUT2D eigenvalue weighted by molar-refractivity contribution is 7.46. The monoisotopic (exact) mass is 399 g/mol. The predicted molar refractivity (Wildman–Crippen MR) is 107 cm³/mol. The number of aliphatic hydroxyl groups excluding tert-OH is 1. The summed E-state index contributed by atoms with van der Waals surface area (Å²) in [5, 5.41) is 12.9. The maximum atomic E-state index is 10.9. The van der Waals surface area contributed by atoms with Crippen molar-refractivity contribution >= 4 is 7.82 Å². The van der Waals surface area contributed by atoms with Crippen LogP contribution >= 0.6 is 7.82 Å². The normalized spacial score (nSPS) is 23.0. The molecule has 6 nitrogen and oxygen atoms in total. The summed E-state index contributed by atoms with van der Waals surface area (Å²) >= 11 is 0. The van der Waals surface area contributed by atoms with Crippen molar-refractivity contribution in [3.63, 3.8) is 0 Å². The lowest BCUT2D eigenvalue weighted by molar-refractivity contribution is 0.177. The van der Waals surface area contributed by atoms with Gasteiger partial charge in [0.2, 0.25) is 0 Å². The fourth-order valence-electron chi connectivity index (χ4n) is 3.85. The summed E-state index contributed by atoms with van der Waals surface area (Å²) in [5.41, 5.74) is 2.48. The van der Waals surface area contributed by atoms with E-state index in [9.17, 15) is 9.67 Å².